The summed E-state index contributed by atoms with van der Waals surface area (Å²) in [6.07, 6.45) is 6.18. The van der Waals surface area contributed by atoms with E-state index in [4.69, 9.17) is 4.74 Å². The van der Waals surface area contributed by atoms with Gasteiger partial charge in [0.05, 0.1) is 25.5 Å². The number of sulfonamides is 1. The van der Waals surface area contributed by atoms with Crippen LogP contribution in [-0.2, 0) is 26.2 Å². The maximum atomic E-state index is 13.4. The van der Waals surface area contributed by atoms with E-state index in [2.05, 4.69) is 0 Å². The van der Waals surface area contributed by atoms with Crippen molar-refractivity contribution in [2.45, 2.75) is 69.4 Å². The number of nitrogens with zero attached hydrogens (tertiary/aromatic N) is 2. The average molecular weight is 435 g/mol. The maximum Gasteiger partial charge on any atom is 0.247 e. The van der Waals surface area contributed by atoms with Crippen molar-refractivity contribution in [1.29, 1.82) is 0 Å². The number of piperidine rings is 1. The highest BCUT2D eigenvalue weighted by Gasteiger charge is 2.48. The fourth-order valence-corrected chi connectivity index (χ4v) is 7.05. The lowest BCUT2D eigenvalue weighted by Crippen LogP contribution is -2.42. The molecule has 1 aromatic carbocycles. The van der Waals surface area contributed by atoms with Gasteiger partial charge in [-0.3, -0.25) is 14.5 Å². The van der Waals surface area contributed by atoms with Crippen LogP contribution in [-0.4, -0.2) is 49.1 Å². The van der Waals surface area contributed by atoms with Crippen molar-refractivity contribution >= 4 is 21.8 Å². The lowest BCUT2D eigenvalue weighted by Gasteiger charge is -2.32. The van der Waals surface area contributed by atoms with Gasteiger partial charge in [0.15, 0.2) is 0 Å². The van der Waals surface area contributed by atoms with Crippen LogP contribution in [0.25, 0.3) is 0 Å². The Balaban J connectivity index is 1.63. The fourth-order valence-electron chi connectivity index (χ4n) is 5.15. The van der Waals surface area contributed by atoms with Crippen LogP contribution in [0.15, 0.2) is 23.1 Å². The molecule has 3 atom stereocenters. The standard InChI is InChI=1S/C22H30N2O5S/c1-15-7-5-6-12-24(15)30(27,28)20-13-16(10-11-19(20)29-2)14-23-21(25)17-8-3-4-9-18(17)22(23)26/h10-11,13,15,17-18H,3-9,12,14H2,1-2H3. The zero-order valence-electron chi connectivity index (χ0n) is 17.7. The molecule has 3 unspecified atom stereocenters. The van der Waals surface area contributed by atoms with E-state index in [0.717, 1.165) is 44.9 Å². The molecule has 2 amide bonds. The van der Waals surface area contributed by atoms with E-state index >= 15 is 0 Å². The Morgan fingerprint density at radius 1 is 1.00 bits per heavy atom. The van der Waals surface area contributed by atoms with Crippen molar-refractivity contribution in [3.8, 4) is 5.75 Å². The summed E-state index contributed by atoms with van der Waals surface area (Å²) >= 11 is 0. The first-order valence-electron chi connectivity index (χ1n) is 10.9. The van der Waals surface area contributed by atoms with Crippen LogP contribution in [0.5, 0.6) is 5.75 Å². The Bertz CT molecular complexity index is 921. The minimum Gasteiger partial charge on any atom is -0.495 e. The second-order valence-corrected chi connectivity index (χ2v) is 10.6. The summed E-state index contributed by atoms with van der Waals surface area (Å²) in [5.41, 5.74) is 0.624. The predicted molar refractivity (Wildman–Crippen MR) is 111 cm³/mol. The minimum absolute atomic E-state index is 0.0676. The van der Waals surface area contributed by atoms with Crippen LogP contribution in [0.3, 0.4) is 0 Å². The molecule has 8 heteroatoms. The summed E-state index contributed by atoms with van der Waals surface area (Å²) in [5, 5.41) is 0. The number of amides is 2. The summed E-state index contributed by atoms with van der Waals surface area (Å²) in [5.74, 6) is -0.364. The van der Waals surface area contributed by atoms with E-state index < -0.39 is 10.0 Å². The van der Waals surface area contributed by atoms with Crippen molar-refractivity contribution in [2.24, 2.45) is 11.8 Å². The van der Waals surface area contributed by atoms with Gasteiger partial charge >= 0.3 is 0 Å². The highest BCUT2D eigenvalue weighted by atomic mass is 32.2. The molecule has 1 aromatic rings. The van der Waals surface area contributed by atoms with Crippen LogP contribution in [0.4, 0.5) is 0 Å². The Hall–Kier alpha value is -1.93. The lowest BCUT2D eigenvalue weighted by atomic mass is 9.81. The van der Waals surface area contributed by atoms with Crippen LogP contribution < -0.4 is 4.74 Å². The first-order chi connectivity index (χ1) is 14.3. The number of benzene rings is 1. The summed E-state index contributed by atoms with van der Waals surface area (Å²) in [4.78, 5) is 27.0. The number of hydrogen-bond acceptors (Lipinski definition) is 5. The number of hydrogen-bond donors (Lipinski definition) is 0. The second-order valence-electron chi connectivity index (χ2n) is 8.71. The summed E-state index contributed by atoms with van der Waals surface area (Å²) in [6.45, 7) is 2.52. The number of carbonyl (C=O) groups excluding carboxylic acids is 2. The minimum atomic E-state index is -3.74. The number of likely N-dealkylation sites (tertiary alicyclic amines) is 1. The highest BCUT2D eigenvalue weighted by molar-refractivity contribution is 7.89. The summed E-state index contributed by atoms with van der Waals surface area (Å²) in [6, 6.07) is 4.86. The van der Waals surface area contributed by atoms with E-state index in [1.807, 2.05) is 6.92 Å². The van der Waals surface area contributed by atoms with Gasteiger partial charge in [0.25, 0.3) is 0 Å². The molecule has 2 heterocycles. The Labute approximate surface area is 178 Å². The van der Waals surface area contributed by atoms with Crippen molar-refractivity contribution in [2.75, 3.05) is 13.7 Å². The van der Waals surface area contributed by atoms with Crippen LogP contribution in [0, 0.1) is 11.8 Å². The molecular formula is C22H30N2O5S. The molecule has 164 valence electrons. The molecular weight excluding hydrogens is 404 g/mol. The Morgan fingerprint density at radius 3 is 2.23 bits per heavy atom. The van der Waals surface area contributed by atoms with E-state index in [9.17, 15) is 18.0 Å². The fraction of sp³-hybridized carbons (Fsp3) is 0.636. The van der Waals surface area contributed by atoms with Crippen molar-refractivity contribution < 1.29 is 22.7 Å². The van der Waals surface area contributed by atoms with Gasteiger partial charge in [0.1, 0.15) is 10.6 Å². The molecule has 30 heavy (non-hydrogen) atoms. The smallest absolute Gasteiger partial charge is 0.247 e. The van der Waals surface area contributed by atoms with Gasteiger partial charge in [-0.1, -0.05) is 25.3 Å². The van der Waals surface area contributed by atoms with Crippen LogP contribution in [0.1, 0.15) is 57.4 Å². The zero-order valence-corrected chi connectivity index (χ0v) is 18.5. The van der Waals surface area contributed by atoms with Gasteiger partial charge < -0.3 is 4.74 Å². The van der Waals surface area contributed by atoms with Gasteiger partial charge in [0, 0.05) is 12.6 Å². The second kappa shape index (κ2) is 8.30. The molecule has 1 saturated carbocycles. The monoisotopic (exact) mass is 434 g/mol. The van der Waals surface area contributed by atoms with Gasteiger partial charge in [0.2, 0.25) is 21.8 Å². The lowest BCUT2D eigenvalue weighted by molar-refractivity contribution is -0.140. The van der Waals surface area contributed by atoms with Crippen molar-refractivity contribution in [3.05, 3.63) is 23.8 Å². The molecule has 7 nitrogen and oxygen atoms in total. The first kappa shape index (κ1) is 21.3. The van der Waals surface area contributed by atoms with Crippen molar-refractivity contribution in [3.63, 3.8) is 0 Å². The third kappa shape index (κ3) is 3.64. The molecule has 3 fully saturated rings. The number of imide groups is 1. The predicted octanol–water partition coefficient (Wildman–Crippen LogP) is 2.93. The number of methoxy groups -OCH3 is 1. The highest BCUT2D eigenvalue weighted by Crippen LogP contribution is 2.39. The quantitative estimate of drug-likeness (QED) is 0.666. The van der Waals surface area contributed by atoms with E-state index in [-0.39, 0.29) is 46.9 Å². The molecule has 0 bridgehead atoms. The van der Waals surface area contributed by atoms with Crippen LogP contribution >= 0.6 is 0 Å². The van der Waals surface area contributed by atoms with E-state index in [0.29, 0.717) is 12.1 Å². The third-order valence-corrected chi connectivity index (χ3v) is 8.86. The maximum absolute atomic E-state index is 13.4. The first-order valence-corrected chi connectivity index (χ1v) is 12.3. The molecule has 2 saturated heterocycles. The molecule has 0 radical (unpaired) electrons. The third-order valence-electron chi connectivity index (χ3n) is 6.83. The normalized spacial score (nSPS) is 27.9. The molecule has 0 spiro atoms. The number of rotatable bonds is 5. The van der Waals surface area contributed by atoms with Gasteiger partial charge in [-0.2, -0.15) is 4.31 Å². The molecule has 4 rings (SSSR count). The molecule has 3 aliphatic rings. The average Bonchev–Trinajstić information content (AvgIpc) is 2.99. The molecule has 1 aliphatic carbocycles. The number of fused-ring (bicyclic) bond motifs is 1. The zero-order chi connectivity index (χ0) is 21.5. The molecule has 0 aromatic heterocycles. The van der Waals surface area contributed by atoms with Gasteiger partial charge in [-0.05, 0) is 50.3 Å². The summed E-state index contributed by atoms with van der Waals surface area (Å²) < 4.78 is 33.7. The Morgan fingerprint density at radius 2 is 1.63 bits per heavy atom. The van der Waals surface area contributed by atoms with Gasteiger partial charge in [-0.15, -0.1) is 0 Å². The molecule has 2 aliphatic heterocycles. The van der Waals surface area contributed by atoms with Gasteiger partial charge in [-0.25, -0.2) is 8.42 Å². The topological polar surface area (TPSA) is 84.0 Å². The van der Waals surface area contributed by atoms with E-state index in [1.54, 1.807) is 22.5 Å². The SMILES string of the molecule is COc1ccc(CN2C(=O)C3CCCCC3C2=O)cc1S(=O)(=O)N1CCCCC1C. The molecule has 0 N–H and O–H groups in total. The number of ether oxygens (including phenoxy) is 1. The summed E-state index contributed by atoms with van der Waals surface area (Å²) in [7, 11) is -2.29. The Kier molecular flexibility index (Phi) is 5.90. The van der Waals surface area contributed by atoms with E-state index in [1.165, 1.54) is 12.0 Å². The number of carbonyl (C=O) groups is 2. The largest absolute Gasteiger partial charge is 0.495 e. The van der Waals surface area contributed by atoms with Crippen molar-refractivity contribution in [1.82, 2.24) is 9.21 Å². The van der Waals surface area contributed by atoms with Crippen LogP contribution in [0.2, 0.25) is 0 Å².